The molecule has 0 atom stereocenters. The summed E-state index contributed by atoms with van der Waals surface area (Å²) < 4.78 is 0. The van der Waals surface area contributed by atoms with Crippen LogP contribution in [0.3, 0.4) is 0 Å². The summed E-state index contributed by atoms with van der Waals surface area (Å²) in [5, 5.41) is 5.48. The van der Waals surface area contributed by atoms with Crippen LogP contribution >= 0.6 is 0 Å². The molecule has 1 aliphatic rings. The number of nitrogens with two attached hydrogens (primary N) is 1. The third-order valence-corrected chi connectivity index (χ3v) is 4.09. The highest BCUT2D eigenvalue weighted by Gasteiger charge is 2.39. The molecule has 1 saturated carbocycles. The molecule has 0 aromatic carbocycles. The highest BCUT2D eigenvalue weighted by molar-refractivity contribution is 5.88. The molecule has 2 amide bonds. The lowest BCUT2D eigenvalue weighted by molar-refractivity contribution is -0.134. The third-order valence-electron chi connectivity index (χ3n) is 4.09. The Morgan fingerprint density at radius 2 is 1.89 bits per heavy atom. The summed E-state index contributed by atoms with van der Waals surface area (Å²) in [6, 6.07) is 0. The molecule has 1 aliphatic carbocycles. The fourth-order valence-electron chi connectivity index (χ4n) is 2.51. The summed E-state index contributed by atoms with van der Waals surface area (Å²) in [6.07, 6.45) is 4.61. The average molecular weight is 269 g/mol. The molecule has 0 aliphatic heterocycles. The molecule has 1 fully saturated rings. The van der Waals surface area contributed by atoms with Crippen LogP contribution < -0.4 is 16.4 Å². The minimum Gasteiger partial charge on any atom is -0.355 e. The number of hydrogen-bond acceptors (Lipinski definition) is 3. The predicted octanol–water partition coefficient (Wildman–Crippen LogP) is 0.784. The minimum absolute atomic E-state index is 0.0517. The first-order chi connectivity index (χ1) is 9.04. The van der Waals surface area contributed by atoms with Crippen LogP contribution in [-0.2, 0) is 9.59 Å². The van der Waals surface area contributed by atoms with Gasteiger partial charge >= 0.3 is 0 Å². The van der Waals surface area contributed by atoms with Crippen LogP contribution in [0.15, 0.2) is 0 Å². The second kappa shape index (κ2) is 7.48. The number of nitrogens with one attached hydrogen (secondary N) is 2. The summed E-state index contributed by atoms with van der Waals surface area (Å²) in [7, 11) is 0. The maximum absolute atomic E-state index is 12.3. The first-order valence-corrected chi connectivity index (χ1v) is 7.29. The smallest absolute Gasteiger partial charge is 0.239 e. The average Bonchev–Trinajstić information content (AvgIpc) is 2.43. The van der Waals surface area contributed by atoms with Gasteiger partial charge in [-0.15, -0.1) is 0 Å². The van der Waals surface area contributed by atoms with E-state index >= 15 is 0 Å². The van der Waals surface area contributed by atoms with Crippen LogP contribution in [0.2, 0.25) is 0 Å². The summed E-state index contributed by atoms with van der Waals surface area (Å²) >= 11 is 0. The van der Waals surface area contributed by atoms with Crippen molar-refractivity contribution in [3.63, 3.8) is 0 Å². The highest BCUT2D eigenvalue weighted by atomic mass is 16.2. The van der Waals surface area contributed by atoms with Gasteiger partial charge in [0.25, 0.3) is 0 Å². The van der Waals surface area contributed by atoms with E-state index in [-0.39, 0.29) is 18.4 Å². The van der Waals surface area contributed by atoms with Gasteiger partial charge in [-0.25, -0.2) is 0 Å². The van der Waals surface area contributed by atoms with E-state index < -0.39 is 5.41 Å². The zero-order chi connectivity index (χ0) is 14.3. The van der Waals surface area contributed by atoms with Gasteiger partial charge in [-0.1, -0.05) is 13.8 Å². The van der Waals surface area contributed by atoms with Gasteiger partial charge in [-0.05, 0) is 38.0 Å². The molecule has 0 radical (unpaired) electrons. The number of carbonyl (C=O) groups excluding carboxylic acids is 2. The van der Waals surface area contributed by atoms with Gasteiger partial charge in [0.1, 0.15) is 0 Å². The van der Waals surface area contributed by atoms with Crippen LogP contribution in [0.5, 0.6) is 0 Å². The van der Waals surface area contributed by atoms with Crippen molar-refractivity contribution in [1.29, 1.82) is 0 Å². The Kier molecular flexibility index (Phi) is 6.28. The highest BCUT2D eigenvalue weighted by Crippen LogP contribution is 2.38. The van der Waals surface area contributed by atoms with Crippen molar-refractivity contribution in [2.45, 2.75) is 46.0 Å². The van der Waals surface area contributed by atoms with Crippen LogP contribution in [0.4, 0.5) is 0 Å². The lowest BCUT2D eigenvalue weighted by Crippen LogP contribution is -2.50. The third kappa shape index (κ3) is 4.49. The van der Waals surface area contributed by atoms with Crippen LogP contribution in [0, 0.1) is 11.3 Å². The first-order valence-electron chi connectivity index (χ1n) is 7.29. The van der Waals surface area contributed by atoms with Crippen molar-refractivity contribution in [3.05, 3.63) is 0 Å². The molecular formula is C14H27N3O2. The minimum atomic E-state index is -0.461. The Morgan fingerprint density at radius 1 is 1.26 bits per heavy atom. The lowest BCUT2D eigenvalue weighted by atomic mass is 9.70. The van der Waals surface area contributed by atoms with E-state index in [2.05, 4.69) is 17.6 Å². The molecule has 0 heterocycles. The Morgan fingerprint density at radius 3 is 2.42 bits per heavy atom. The molecule has 0 bridgehead atoms. The molecule has 0 unspecified atom stereocenters. The molecule has 0 saturated heterocycles. The van der Waals surface area contributed by atoms with E-state index in [1.165, 1.54) is 0 Å². The maximum atomic E-state index is 12.3. The van der Waals surface area contributed by atoms with E-state index in [1.54, 1.807) is 0 Å². The van der Waals surface area contributed by atoms with Crippen LogP contribution in [0.25, 0.3) is 0 Å². The van der Waals surface area contributed by atoms with Gasteiger partial charge in [-0.2, -0.15) is 0 Å². The standard InChI is InChI=1S/C14H27N3O2/c1-3-8-16-12(18)9-17-13(19)14(10-15)6-4-11(2)5-7-14/h11H,3-10,15H2,1-2H3,(H,16,18)(H,17,19). The van der Waals surface area contributed by atoms with Gasteiger partial charge in [0.2, 0.25) is 11.8 Å². The Balaban J connectivity index is 2.44. The Labute approximate surface area is 115 Å². The van der Waals surface area contributed by atoms with Gasteiger partial charge in [-0.3, -0.25) is 9.59 Å². The topological polar surface area (TPSA) is 84.2 Å². The quantitative estimate of drug-likeness (QED) is 0.666. The van der Waals surface area contributed by atoms with E-state index in [0.717, 1.165) is 32.1 Å². The number of carbonyl (C=O) groups is 2. The van der Waals surface area contributed by atoms with Gasteiger partial charge in [0, 0.05) is 13.1 Å². The summed E-state index contributed by atoms with van der Waals surface area (Å²) in [4.78, 5) is 23.7. The monoisotopic (exact) mass is 269 g/mol. The molecule has 0 spiro atoms. The molecule has 19 heavy (non-hydrogen) atoms. The zero-order valence-electron chi connectivity index (χ0n) is 12.1. The Hall–Kier alpha value is -1.10. The van der Waals surface area contributed by atoms with Crippen molar-refractivity contribution in [2.75, 3.05) is 19.6 Å². The normalized spacial score (nSPS) is 26.8. The van der Waals surface area contributed by atoms with Crippen molar-refractivity contribution in [3.8, 4) is 0 Å². The fraction of sp³-hybridized carbons (Fsp3) is 0.857. The molecule has 110 valence electrons. The summed E-state index contributed by atoms with van der Waals surface area (Å²) in [5.41, 5.74) is 5.35. The van der Waals surface area contributed by atoms with Crippen LogP contribution in [0.1, 0.15) is 46.0 Å². The predicted molar refractivity (Wildman–Crippen MR) is 75.4 cm³/mol. The van der Waals surface area contributed by atoms with Crippen molar-refractivity contribution >= 4 is 11.8 Å². The van der Waals surface area contributed by atoms with Crippen molar-refractivity contribution in [1.82, 2.24) is 10.6 Å². The molecule has 5 heteroatoms. The van der Waals surface area contributed by atoms with E-state index in [1.807, 2.05) is 6.92 Å². The van der Waals surface area contributed by atoms with Gasteiger partial charge in [0.05, 0.1) is 12.0 Å². The first kappa shape index (κ1) is 16.0. The molecule has 4 N–H and O–H groups in total. The van der Waals surface area contributed by atoms with Gasteiger partial charge < -0.3 is 16.4 Å². The second-order valence-corrected chi connectivity index (χ2v) is 5.70. The molecule has 5 nitrogen and oxygen atoms in total. The van der Waals surface area contributed by atoms with Gasteiger partial charge in [0.15, 0.2) is 0 Å². The summed E-state index contributed by atoms with van der Waals surface area (Å²) in [6.45, 7) is 5.26. The van der Waals surface area contributed by atoms with Crippen molar-refractivity contribution < 1.29 is 9.59 Å². The largest absolute Gasteiger partial charge is 0.355 e. The molecule has 0 aromatic rings. The second-order valence-electron chi connectivity index (χ2n) is 5.70. The lowest BCUT2D eigenvalue weighted by Gasteiger charge is -2.37. The SMILES string of the molecule is CCCNC(=O)CNC(=O)C1(CN)CCC(C)CC1. The Bertz CT molecular complexity index is 310. The number of rotatable bonds is 6. The summed E-state index contributed by atoms with van der Waals surface area (Å²) in [5.74, 6) is 0.473. The molecular weight excluding hydrogens is 242 g/mol. The fourth-order valence-corrected chi connectivity index (χ4v) is 2.51. The number of hydrogen-bond donors (Lipinski definition) is 3. The maximum Gasteiger partial charge on any atom is 0.239 e. The van der Waals surface area contributed by atoms with E-state index in [0.29, 0.717) is 19.0 Å². The van der Waals surface area contributed by atoms with E-state index in [9.17, 15) is 9.59 Å². The zero-order valence-corrected chi connectivity index (χ0v) is 12.1. The molecule has 0 aromatic heterocycles. The number of amides is 2. The van der Waals surface area contributed by atoms with Crippen molar-refractivity contribution in [2.24, 2.45) is 17.1 Å². The van der Waals surface area contributed by atoms with Crippen LogP contribution in [-0.4, -0.2) is 31.4 Å². The molecule has 1 rings (SSSR count). The van der Waals surface area contributed by atoms with E-state index in [4.69, 9.17) is 5.73 Å².